The fraction of sp³-hybridized carbons (Fsp3) is 1.00. The minimum Gasteiger partial charge on any atom is -0.770 e. The molecule has 0 aliphatic heterocycles. The lowest BCUT2D eigenvalue weighted by atomic mass is 10.4. The van der Waals surface area contributed by atoms with E-state index in [1.165, 1.54) is 0 Å². The van der Waals surface area contributed by atoms with Crippen LogP contribution in [0.25, 0.3) is 0 Å². The topological polar surface area (TPSA) is 49.4 Å². The van der Waals surface area contributed by atoms with Gasteiger partial charge in [-0.3, -0.25) is 4.57 Å². The lowest BCUT2D eigenvalue weighted by molar-refractivity contribution is -0.189. The molecule has 5 heteroatoms. The normalized spacial score (nSPS) is 16.3. The van der Waals surface area contributed by atoms with Crippen molar-refractivity contribution in [3.63, 3.8) is 0 Å². The molecule has 0 amide bonds. The maximum Gasteiger partial charge on any atom is 0.192 e. The Morgan fingerprint density at radius 1 is 1.55 bits per heavy atom. The summed E-state index contributed by atoms with van der Waals surface area (Å²) in [6, 6.07) is 0. The van der Waals surface area contributed by atoms with Gasteiger partial charge in [-0.25, -0.2) is 0 Å². The van der Waals surface area contributed by atoms with Gasteiger partial charge in [0.15, 0.2) is 6.80 Å². The molecule has 0 saturated heterocycles. The van der Waals surface area contributed by atoms with Crippen LogP contribution >= 0.6 is 18.2 Å². The highest BCUT2D eigenvalue weighted by molar-refractivity contribution is 8.54. The number of unbranched alkanes of at least 4 members (excludes halogenated alkanes) is 1. The lowest BCUT2D eigenvalue weighted by Crippen LogP contribution is -2.01. The first-order chi connectivity index (χ1) is 5.12. The summed E-state index contributed by atoms with van der Waals surface area (Å²) in [6.07, 6.45) is 1.93. The average Bonchev–Trinajstić information content (AvgIpc) is 1.87. The van der Waals surface area contributed by atoms with Crippen molar-refractivity contribution in [2.75, 3.05) is 12.4 Å². The molecule has 68 valence electrons. The van der Waals surface area contributed by atoms with Gasteiger partial charge in [-0.15, -0.1) is 0 Å². The van der Waals surface area contributed by atoms with E-state index in [-0.39, 0.29) is 6.61 Å². The summed E-state index contributed by atoms with van der Waals surface area (Å²) in [5.41, 5.74) is 0. The Balaban J connectivity index is 3.47. The molecule has 11 heavy (non-hydrogen) atoms. The third-order valence-corrected chi connectivity index (χ3v) is 4.21. The van der Waals surface area contributed by atoms with Crippen molar-refractivity contribution >= 4 is 18.2 Å². The van der Waals surface area contributed by atoms with E-state index in [1.54, 1.807) is 6.92 Å². The van der Waals surface area contributed by atoms with Crippen LogP contribution in [-0.2, 0) is 9.09 Å². The van der Waals surface area contributed by atoms with Gasteiger partial charge in [-0.1, -0.05) is 24.7 Å². The number of rotatable bonds is 6. The summed E-state index contributed by atoms with van der Waals surface area (Å²) >= 11 is 0.906. The molecule has 1 atom stereocenters. The molecular formula is C6H14O3PS-. The van der Waals surface area contributed by atoms with Crippen LogP contribution in [-0.4, -0.2) is 12.4 Å². The second-order valence-electron chi connectivity index (χ2n) is 2.05. The largest absolute Gasteiger partial charge is 0.770 e. The Bertz CT molecular complexity index is 140. The molecule has 0 heterocycles. The standard InChI is InChI=1S/C6H15O3PS/c1-3-5-6-11-10(7,8)9-4-2/h3-6H2,1-2H3,(H,7,8)/p-1. The molecule has 0 fully saturated rings. The quantitative estimate of drug-likeness (QED) is 0.483. The minimum atomic E-state index is -3.56. The van der Waals surface area contributed by atoms with Crippen molar-refractivity contribution in [3.8, 4) is 0 Å². The van der Waals surface area contributed by atoms with Gasteiger partial charge in [-0.05, 0) is 13.3 Å². The minimum absolute atomic E-state index is 0.236. The first kappa shape index (κ1) is 11.5. The molecule has 0 aliphatic rings. The molecule has 0 radical (unpaired) electrons. The summed E-state index contributed by atoms with van der Waals surface area (Å²) in [5, 5.41) is 0. The predicted molar refractivity (Wildman–Crippen MR) is 46.6 cm³/mol. The highest BCUT2D eigenvalue weighted by Gasteiger charge is 2.06. The molecule has 3 nitrogen and oxygen atoms in total. The highest BCUT2D eigenvalue weighted by Crippen LogP contribution is 2.51. The van der Waals surface area contributed by atoms with E-state index in [0.29, 0.717) is 5.75 Å². The number of hydrogen-bond donors (Lipinski definition) is 0. The molecule has 0 rings (SSSR count). The molecule has 0 bridgehead atoms. The van der Waals surface area contributed by atoms with Crippen LogP contribution in [0.4, 0.5) is 0 Å². The maximum atomic E-state index is 10.9. The molecule has 1 unspecified atom stereocenters. The van der Waals surface area contributed by atoms with E-state index in [0.717, 1.165) is 24.2 Å². The Morgan fingerprint density at radius 2 is 2.18 bits per heavy atom. The van der Waals surface area contributed by atoms with Crippen LogP contribution in [0.5, 0.6) is 0 Å². The summed E-state index contributed by atoms with van der Waals surface area (Å²) in [6.45, 7) is 0.377. The SMILES string of the molecule is CCCCSP(=O)([O-])OCC. The Labute approximate surface area is 71.8 Å². The lowest BCUT2D eigenvalue weighted by Gasteiger charge is -2.20. The van der Waals surface area contributed by atoms with Gasteiger partial charge >= 0.3 is 0 Å². The molecular weight excluding hydrogens is 183 g/mol. The van der Waals surface area contributed by atoms with Crippen LogP contribution in [0.3, 0.4) is 0 Å². The highest BCUT2D eigenvalue weighted by atomic mass is 32.7. The monoisotopic (exact) mass is 197 g/mol. The van der Waals surface area contributed by atoms with E-state index in [9.17, 15) is 9.46 Å². The zero-order chi connectivity index (χ0) is 8.74. The van der Waals surface area contributed by atoms with Crippen molar-refractivity contribution in [2.24, 2.45) is 0 Å². The van der Waals surface area contributed by atoms with E-state index in [4.69, 9.17) is 0 Å². The van der Waals surface area contributed by atoms with Crippen molar-refractivity contribution in [2.45, 2.75) is 26.7 Å². The Kier molecular flexibility index (Phi) is 6.34. The van der Waals surface area contributed by atoms with Gasteiger partial charge in [-0.2, -0.15) is 0 Å². The van der Waals surface area contributed by atoms with Crippen molar-refractivity contribution in [1.29, 1.82) is 0 Å². The Morgan fingerprint density at radius 3 is 2.64 bits per heavy atom. The van der Waals surface area contributed by atoms with Gasteiger partial charge in [0.25, 0.3) is 0 Å². The van der Waals surface area contributed by atoms with E-state index in [2.05, 4.69) is 4.52 Å². The number of hydrogen-bond acceptors (Lipinski definition) is 4. The van der Waals surface area contributed by atoms with Gasteiger partial charge in [0.1, 0.15) is 0 Å². The smallest absolute Gasteiger partial charge is 0.192 e. The Hall–Kier alpha value is 0.500. The first-order valence-electron chi connectivity index (χ1n) is 3.72. The summed E-state index contributed by atoms with van der Waals surface area (Å²) in [4.78, 5) is 10.9. The van der Waals surface area contributed by atoms with Crippen LogP contribution in [0.15, 0.2) is 0 Å². The zero-order valence-corrected chi connectivity index (χ0v) is 8.62. The van der Waals surface area contributed by atoms with Crippen molar-refractivity contribution in [3.05, 3.63) is 0 Å². The van der Waals surface area contributed by atoms with Crippen LogP contribution in [0.1, 0.15) is 26.7 Å². The average molecular weight is 197 g/mol. The fourth-order valence-electron chi connectivity index (χ4n) is 0.516. The van der Waals surface area contributed by atoms with Gasteiger partial charge in [0.2, 0.25) is 0 Å². The molecule has 0 spiro atoms. The van der Waals surface area contributed by atoms with Crippen LogP contribution in [0.2, 0.25) is 0 Å². The van der Waals surface area contributed by atoms with Gasteiger partial charge in [0.05, 0.1) is 6.61 Å². The van der Waals surface area contributed by atoms with E-state index >= 15 is 0 Å². The van der Waals surface area contributed by atoms with Crippen molar-refractivity contribution in [1.82, 2.24) is 0 Å². The molecule has 0 aromatic carbocycles. The summed E-state index contributed by atoms with van der Waals surface area (Å²) in [7, 11) is 0. The summed E-state index contributed by atoms with van der Waals surface area (Å²) < 4.78 is 15.4. The molecule has 0 aromatic heterocycles. The third-order valence-electron chi connectivity index (χ3n) is 1.03. The van der Waals surface area contributed by atoms with Crippen LogP contribution < -0.4 is 4.89 Å². The molecule has 0 aromatic rings. The van der Waals surface area contributed by atoms with Gasteiger partial charge < -0.3 is 9.42 Å². The molecule has 0 saturated carbocycles. The van der Waals surface area contributed by atoms with E-state index in [1.807, 2.05) is 6.92 Å². The van der Waals surface area contributed by atoms with Crippen molar-refractivity contribution < 1.29 is 14.0 Å². The molecule has 0 aliphatic carbocycles. The summed E-state index contributed by atoms with van der Waals surface area (Å²) in [5.74, 6) is 0.636. The van der Waals surface area contributed by atoms with Gasteiger partial charge in [0, 0.05) is 5.75 Å². The second kappa shape index (κ2) is 6.06. The van der Waals surface area contributed by atoms with Crippen LogP contribution in [0, 0.1) is 0 Å². The van der Waals surface area contributed by atoms with E-state index < -0.39 is 6.80 Å². The molecule has 0 N–H and O–H groups in total. The first-order valence-corrected chi connectivity index (χ1v) is 6.86. The third kappa shape index (κ3) is 6.88. The second-order valence-corrected chi connectivity index (χ2v) is 5.99. The maximum absolute atomic E-state index is 10.9. The fourth-order valence-corrected chi connectivity index (χ4v) is 3.15. The predicted octanol–water partition coefficient (Wildman–Crippen LogP) is 2.02. The zero-order valence-electron chi connectivity index (χ0n) is 6.91.